The summed E-state index contributed by atoms with van der Waals surface area (Å²) < 4.78 is 1.00. The number of hydrogen-bond donors (Lipinski definition) is 1. The third-order valence-corrected chi connectivity index (χ3v) is 5.73. The third kappa shape index (κ3) is 3.18. The van der Waals surface area contributed by atoms with Crippen molar-refractivity contribution in [2.75, 3.05) is 4.90 Å². The van der Waals surface area contributed by atoms with E-state index >= 15 is 0 Å². The van der Waals surface area contributed by atoms with E-state index in [1.54, 1.807) is 11.0 Å². The van der Waals surface area contributed by atoms with E-state index in [1.165, 1.54) is 11.3 Å². The Morgan fingerprint density at radius 2 is 2.12 bits per heavy atom. The molecular formula is C19H15ClN2O3S. The fraction of sp³-hybridized carbons (Fsp3) is 0.211. The largest absolute Gasteiger partial charge is 0.481 e. The van der Waals surface area contributed by atoms with Crippen LogP contribution in [-0.2, 0) is 22.6 Å². The highest BCUT2D eigenvalue weighted by Crippen LogP contribution is 2.34. The first kappa shape index (κ1) is 17.0. The molecule has 7 heteroatoms. The lowest BCUT2D eigenvalue weighted by molar-refractivity contribution is -0.140. The summed E-state index contributed by atoms with van der Waals surface area (Å²) in [6, 6.07) is 13.2. The Labute approximate surface area is 158 Å². The number of halogens is 1. The van der Waals surface area contributed by atoms with Crippen LogP contribution >= 0.6 is 22.9 Å². The first-order valence-corrected chi connectivity index (χ1v) is 9.37. The van der Waals surface area contributed by atoms with Gasteiger partial charge in [0.25, 0.3) is 0 Å². The molecule has 1 aliphatic heterocycles. The van der Waals surface area contributed by atoms with Crippen LogP contribution in [0.2, 0.25) is 5.02 Å². The Balaban J connectivity index is 1.70. The molecule has 0 radical (unpaired) electrons. The molecule has 1 atom stereocenters. The number of amides is 1. The van der Waals surface area contributed by atoms with E-state index in [4.69, 9.17) is 16.7 Å². The minimum absolute atomic E-state index is 0.164. The Hall–Kier alpha value is -2.44. The Morgan fingerprint density at radius 1 is 1.31 bits per heavy atom. The van der Waals surface area contributed by atoms with E-state index in [0.29, 0.717) is 18.0 Å². The predicted molar refractivity (Wildman–Crippen MR) is 102 cm³/mol. The number of carboxylic acids is 1. The molecule has 2 aromatic carbocycles. The number of anilines is 1. The van der Waals surface area contributed by atoms with E-state index in [-0.39, 0.29) is 12.3 Å². The van der Waals surface area contributed by atoms with Gasteiger partial charge in [-0.05, 0) is 36.2 Å². The van der Waals surface area contributed by atoms with Crippen molar-refractivity contribution >= 4 is 50.7 Å². The molecule has 0 spiro atoms. The molecule has 0 bridgehead atoms. The van der Waals surface area contributed by atoms with Crippen LogP contribution < -0.4 is 4.90 Å². The zero-order chi connectivity index (χ0) is 18.3. The second kappa shape index (κ2) is 6.70. The quantitative estimate of drug-likeness (QED) is 0.731. The molecule has 1 aromatic heterocycles. The van der Waals surface area contributed by atoms with E-state index in [9.17, 15) is 9.59 Å². The van der Waals surface area contributed by atoms with Gasteiger partial charge in [0.15, 0.2) is 0 Å². The summed E-state index contributed by atoms with van der Waals surface area (Å²) >= 11 is 7.53. The minimum atomic E-state index is -0.961. The topological polar surface area (TPSA) is 70.5 Å². The van der Waals surface area contributed by atoms with Gasteiger partial charge in [-0.25, -0.2) is 4.98 Å². The smallest absolute Gasteiger partial charge is 0.304 e. The van der Waals surface area contributed by atoms with E-state index in [0.717, 1.165) is 26.5 Å². The summed E-state index contributed by atoms with van der Waals surface area (Å²) in [6.45, 7) is 0.322. The number of carboxylic acid groups (broad SMARTS) is 1. The van der Waals surface area contributed by atoms with Crippen molar-refractivity contribution in [2.24, 2.45) is 5.92 Å². The molecule has 4 rings (SSSR count). The number of para-hydroxylation sites is 1. The van der Waals surface area contributed by atoms with Gasteiger partial charge in [0.1, 0.15) is 5.01 Å². The maximum atomic E-state index is 12.9. The Kier molecular flexibility index (Phi) is 4.38. The maximum Gasteiger partial charge on any atom is 0.304 e. The van der Waals surface area contributed by atoms with Crippen LogP contribution in [0.4, 0.5) is 5.69 Å². The van der Waals surface area contributed by atoms with Gasteiger partial charge in [0.2, 0.25) is 5.91 Å². The number of fused-ring (bicyclic) bond motifs is 2. The summed E-state index contributed by atoms with van der Waals surface area (Å²) in [5.74, 6) is -1.67. The number of benzene rings is 2. The van der Waals surface area contributed by atoms with Crippen molar-refractivity contribution in [1.29, 1.82) is 0 Å². The highest BCUT2D eigenvalue weighted by Gasteiger charge is 2.34. The van der Waals surface area contributed by atoms with E-state index in [1.807, 2.05) is 36.4 Å². The lowest BCUT2D eigenvalue weighted by Gasteiger charge is -2.33. The molecule has 0 saturated carbocycles. The number of nitrogens with zero attached hydrogens (tertiary/aromatic N) is 2. The first-order valence-electron chi connectivity index (χ1n) is 8.17. The van der Waals surface area contributed by atoms with Gasteiger partial charge < -0.3 is 10.0 Å². The number of hydrogen-bond acceptors (Lipinski definition) is 4. The standard InChI is InChI=1S/C19H15ClN2O3S/c20-13-5-6-16-14(9-13)21-17(26-16)10-22-15-4-2-1-3-11(15)7-12(19(22)25)8-18(23)24/h1-6,9,12H,7-8,10H2,(H,23,24). The summed E-state index contributed by atoms with van der Waals surface area (Å²) in [7, 11) is 0. The minimum Gasteiger partial charge on any atom is -0.481 e. The second-order valence-corrected chi connectivity index (χ2v) is 7.82. The summed E-state index contributed by atoms with van der Waals surface area (Å²) in [6.07, 6.45) is 0.284. The van der Waals surface area contributed by atoms with Crippen LogP contribution in [-0.4, -0.2) is 22.0 Å². The van der Waals surface area contributed by atoms with E-state index in [2.05, 4.69) is 4.98 Å². The predicted octanol–water partition coefficient (Wildman–Crippen LogP) is 4.13. The van der Waals surface area contributed by atoms with Crippen molar-refractivity contribution in [3.63, 3.8) is 0 Å². The highest BCUT2D eigenvalue weighted by molar-refractivity contribution is 7.18. The number of carbonyl (C=O) groups is 2. The highest BCUT2D eigenvalue weighted by atomic mass is 35.5. The van der Waals surface area contributed by atoms with Crippen molar-refractivity contribution in [1.82, 2.24) is 4.98 Å². The maximum absolute atomic E-state index is 12.9. The average Bonchev–Trinajstić information content (AvgIpc) is 2.99. The molecule has 1 amide bonds. The Morgan fingerprint density at radius 3 is 2.92 bits per heavy atom. The molecule has 2 heterocycles. The van der Waals surface area contributed by atoms with Crippen molar-refractivity contribution in [3.8, 4) is 0 Å². The number of aromatic nitrogens is 1. The van der Waals surface area contributed by atoms with Crippen LogP contribution in [0.15, 0.2) is 42.5 Å². The average molecular weight is 387 g/mol. The van der Waals surface area contributed by atoms with Crippen molar-refractivity contribution in [2.45, 2.75) is 19.4 Å². The SMILES string of the molecule is O=C(O)CC1Cc2ccccc2N(Cc2nc3cc(Cl)ccc3s2)C1=O. The lowest BCUT2D eigenvalue weighted by Crippen LogP contribution is -2.41. The van der Waals surface area contributed by atoms with Gasteiger partial charge in [-0.1, -0.05) is 29.8 Å². The molecule has 0 fully saturated rings. The molecular weight excluding hydrogens is 372 g/mol. The normalized spacial score (nSPS) is 16.7. The molecule has 1 aliphatic rings. The fourth-order valence-corrected chi connectivity index (χ4v) is 4.43. The Bertz CT molecular complexity index is 1020. The van der Waals surface area contributed by atoms with Crippen molar-refractivity contribution < 1.29 is 14.7 Å². The molecule has 132 valence electrons. The molecule has 0 aliphatic carbocycles. The van der Waals surface area contributed by atoms with Gasteiger partial charge in [-0.15, -0.1) is 11.3 Å². The third-order valence-electron chi connectivity index (χ3n) is 4.47. The number of carbonyl (C=O) groups excluding carboxylic acids is 1. The van der Waals surface area contributed by atoms with Crippen LogP contribution in [0.5, 0.6) is 0 Å². The van der Waals surface area contributed by atoms with Crippen LogP contribution in [0.25, 0.3) is 10.2 Å². The summed E-state index contributed by atoms with van der Waals surface area (Å²) in [4.78, 5) is 30.3. The fourth-order valence-electron chi connectivity index (χ4n) is 3.32. The van der Waals surface area contributed by atoms with Gasteiger partial charge in [0, 0.05) is 10.7 Å². The van der Waals surface area contributed by atoms with Gasteiger partial charge in [0.05, 0.1) is 29.1 Å². The van der Waals surface area contributed by atoms with Gasteiger partial charge >= 0.3 is 5.97 Å². The summed E-state index contributed by atoms with van der Waals surface area (Å²) in [5.41, 5.74) is 2.62. The van der Waals surface area contributed by atoms with Gasteiger partial charge in [-0.3, -0.25) is 9.59 Å². The zero-order valence-corrected chi connectivity index (χ0v) is 15.3. The van der Waals surface area contributed by atoms with Crippen molar-refractivity contribution in [3.05, 3.63) is 58.1 Å². The number of aliphatic carboxylic acids is 1. The molecule has 5 nitrogen and oxygen atoms in total. The monoisotopic (exact) mass is 386 g/mol. The summed E-state index contributed by atoms with van der Waals surface area (Å²) in [5, 5.41) is 10.5. The van der Waals surface area contributed by atoms with Crippen LogP contribution in [0, 0.1) is 5.92 Å². The molecule has 1 unspecified atom stereocenters. The molecule has 1 N–H and O–H groups in total. The van der Waals surface area contributed by atoms with Crippen LogP contribution in [0.3, 0.4) is 0 Å². The first-order chi connectivity index (χ1) is 12.5. The van der Waals surface area contributed by atoms with Gasteiger partial charge in [-0.2, -0.15) is 0 Å². The molecule has 3 aromatic rings. The van der Waals surface area contributed by atoms with E-state index < -0.39 is 11.9 Å². The number of rotatable bonds is 4. The zero-order valence-electron chi connectivity index (χ0n) is 13.7. The molecule has 0 saturated heterocycles. The number of thiazole rings is 1. The van der Waals surface area contributed by atoms with Crippen LogP contribution in [0.1, 0.15) is 17.0 Å². The lowest BCUT2D eigenvalue weighted by atomic mass is 9.89. The second-order valence-electron chi connectivity index (χ2n) is 6.27. The molecule has 26 heavy (non-hydrogen) atoms.